The van der Waals surface area contributed by atoms with Crippen LogP contribution in [0.4, 0.5) is 5.82 Å². The van der Waals surface area contributed by atoms with Gasteiger partial charge in [0.25, 0.3) is 5.91 Å². The molecule has 1 aromatic carbocycles. The summed E-state index contributed by atoms with van der Waals surface area (Å²) in [4.78, 5) is 24.7. The second-order valence-corrected chi connectivity index (χ2v) is 8.58. The maximum atomic E-state index is 13.2. The molecule has 5 aromatic rings. The molecule has 4 heterocycles. The number of amides is 1. The second-order valence-electron chi connectivity index (χ2n) is 7.80. The number of nitrogens with zero attached hydrogens (tertiary/aromatic N) is 4. The van der Waals surface area contributed by atoms with Gasteiger partial charge in [-0.3, -0.25) is 4.79 Å². The van der Waals surface area contributed by atoms with E-state index in [0.717, 1.165) is 28.2 Å². The summed E-state index contributed by atoms with van der Waals surface area (Å²) < 4.78 is 1.94. The van der Waals surface area contributed by atoms with Crippen LogP contribution in [-0.4, -0.2) is 27.3 Å². The lowest BCUT2D eigenvalue weighted by Crippen LogP contribution is -2.27. The molecule has 0 atom stereocenters. The molecule has 164 valence electrons. The predicted molar refractivity (Wildman–Crippen MR) is 132 cm³/mol. The third kappa shape index (κ3) is 4.63. The van der Waals surface area contributed by atoms with Gasteiger partial charge >= 0.3 is 0 Å². The summed E-state index contributed by atoms with van der Waals surface area (Å²) in [6.45, 7) is 0.988. The first kappa shape index (κ1) is 20.9. The molecule has 0 saturated carbocycles. The van der Waals surface area contributed by atoms with Crippen LogP contribution < -0.4 is 10.2 Å². The molecule has 0 aliphatic carbocycles. The number of imidazole rings is 1. The monoisotopic (exact) mass is 453 g/mol. The first-order valence-electron chi connectivity index (χ1n) is 10.7. The number of rotatable bonds is 7. The largest absolute Gasteiger partial charge is 0.355 e. The van der Waals surface area contributed by atoms with Crippen molar-refractivity contribution in [2.24, 2.45) is 0 Å². The Hall–Kier alpha value is -3.97. The zero-order valence-corrected chi connectivity index (χ0v) is 19.0. The molecule has 0 bridgehead atoms. The zero-order chi connectivity index (χ0) is 22.6. The summed E-state index contributed by atoms with van der Waals surface area (Å²) >= 11 is 1.63. The van der Waals surface area contributed by atoms with E-state index in [1.54, 1.807) is 11.3 Å². The molecule has 1 amide bonds. The number of nitrogens with one attached hydrogen (secondary N) is 1. The molecule has 4 aromatic heterocycles. The second kappa shape index (κ2) is 9.26. The highest BCUT2D eigenvalue weighted by molar-refractivity contribution is 7.08. The fourth-order valence-corrected chi connectivity index (χ4v) is 4.41. The van der Waals surface area contributed by atoms with Gasteiger partial charge in [0, 0.05) is 36.9 Å². The number of anilines is 1. The summed E-state index contributed by atoms with van der Waals surface area (Å²) in [5.41, 5.74) is 5.24. The Morgan fingerprint density at radius 1 is 1.03 bits per heavy atom. The number of fused-ring (bicyclic) bond motifs is 1. The standard InChI is InChI=1S/C26H23N5OS/c1-30(16-19-7-3-2-4-8-19)25-22(10-11-23(29-25)20-12-14-33-18-20)26(32)27-15-21-17-31-13-6-5-9-24(31)28-21/h2-14,17-18H,15-16H2,1H3,(H,27,32). The predicted octanol–water partition coefficient (Wildman–Crippen LogP) is 5.02. The topological polar surface area (TPSA) is 62.5 Å². The highest BCUT2D eigenvalue weighted by Gasteiger charge is 2.18. The number of benzene rings is 1. The Morgan fingerprint density at radius 3 is 2.67 bits per heavy atom. The van der Waals surface area contributed by atoms with Crippen LogP contribution in [0.25, 0.3) is 16.9 Å². The highest BCUT2D eigenvalue weighted by atomic mass is 32.1. The molecule has 1 N–H and O–H groups in total. The van der Waals surface area contributed by atoms with E-state index in [2.05, 4.69) is 27.8 Å². The van der Waals surface area contributed by atoms with E-state index in [1.807, 2.05) is 88.7 Å². The van der Waals surface area contributed by atoms with Crippen molar-refractivity contribution in [2.75, 3.05) is 11.9 Å². The Bertz CT molecular complexity index is 1350. The van der Waals surface area contributed by atoms with Gasteiger partial charge in [0.05, 0.1) is 23.5 Å². The molecule has 0 unspecified atom stereocenters. The first-order valence-corrected chi connectivity index (χ1v) is 11.6. The minimum absolute atomic E-state index is 0.175. The van der Waals surface area contributed by atoms with Crippen LogP contribution in [0.5, 0.6) is 0 Å². The Morgan fingerprint density at radius 2 is 1.88 bits per heavy atom. The molecule has 7 heteroatoms. The maximum absolute atomic E-state index is 13.2. The summed E-state index contributed by atoms with van der Waals surface area (Å²) in [6, 6.07) is 21.8. The van der Waals surface area contributed by atoms with Gasteiger partial charge in [0.2, 0.25) is 0 Å². The zero-order valence-electron chi connectivity index (χ0n) is 18.2. The van der Waals surface area contributed by atoms with Gasteiger partial charge in [-0.25, -0.2) is 9.97 Å². The van der Waals surface area contributed by atoms with Crippen molar-refractivity contribution in [1.82, 2.24) is 19.7 Å². The van der Waals surface area contributed by atoms with Gasteiger partial charge in [-0.2, -0.15) is 11.3 Å². The quantitative estimate of drug-likeness (QED) is 0.376. The summed E-state index contributed by atoms with van der Waals surface area (Å²) in [7, 11) is 1.96. The number of hydrogen-bond donors (Lipinski definition) is 1. The lowest BCUT2D eigenvalue weighted by molar-refractivity contribution is 0.0950. The third-order valence-corrected chi connectivity index (χ3v) is 6.09. The summed E-state index contributed by atoms with van der Waals surface area (Å²) in [6.07, 6.45) is 3.87. The van der Waals surface area contributed by atoms with Crippen molar-refractivity contribution < 1.29 is 4.79 Å². The molecule has 0 aliphatic heterocycles. The molecule has 33 heavy (non-hydrogen) atoms. The molecule has 5 rings (SSSR count). The van der Waals surface area contributed by atoms with Gasteiger partial charge in [-0.05, 0) is 41.3 Å². The highest BCUT2D eigenvalue weighted by Crippen LogP contribution is 2.26. The van der Waals surface area contributed by atoms with Crippen LogP contribution in [0.15, 0.2) is 89.9 Å². The Labute approximate surface area is 196 Å². The van der Waals surface area contributed by atoms with Crippen LogP contribution in [0.1, 0.15) is 21.6 Å². The van der Waals surface area contributed by atoms with E-state index in [-0.39, 0.29) is 5.91 Å². The fraction of sp³-hybridized carbons (Fsp3) is 0.115. The normalized spacial score (nSPS) is 10.9. The summed E-state index contributed by atoms with van der Waals surface area (Å²) in [5.74, 6) is 0.474. The number of thiophene rings is 1. The number of pyridine rings is 2. The van der Waals surface area contributed by atoms with E-state index < -0.39 is 0 Å². The maximum Gasteiger partial charge on any atom is 0.255 e. The molecule has 6 nitrogen and oxygen atoms in total. The molecule has 0 aliphatic rings. The van der Waals surface area contributed by atoms with Gasteiger partial charge in [-0.15, -0.1) is 0 Å². The molecule has 0 spiro atoms. The molecule has 0 saturated heterocycles. The van der Waals surface area contributed by atoms with Gasteiger partial charge < -0.3 is 14.6 Å². The van der Waals surface area contributed by atoms with Crippen molar-refractivity contribution in [3.63, 3.8) is 0 Å². The van der Waals surface area contributed by atoms with Crippen molar-refractivity contribution in [2.45, 2.75) is 13.1 Å². The average molecular weight is 454 g/mol. The van der Waals surface area contributed by atoms with Gasteiger partial charge in [0.1, 0.15) is 11.5 Å². The third-order valence-electron chi connectivity index (χ3n) is 5.40. The smallest absolute Gasteiger partial charge is 0.255 e. The van der Waals surface area contributed by atoms with Gasteiger partial charge in [-0.1, -0.05) is 36.4 Å². The van der Waals surface area contributed by atoms with Crippen LogP contribution in [-0.2, 0) is 13.1 Å². The van der Waals surface area contributed by atoms with Crippen LogP contribution in [0.2, 0.25) is 0 Å². The Kier molecular flexibility index (Phi) is 5.87. The van der Waals surface area contributed by atoms with E-state index in [4.69, 9.17) is 4.98 Å². The average Bonchev–Trinajstić information content (AvgIpc) is 3.53. The Balaban J connectivity index is 1.41. The number of hydrogen-bond acceptors (Lipinski definition) is 5. The molecule has 0 fully saturated rings. The number of aromatic nitrogens is 3. The van der Waals surface area contributed by atoms with E-state index in [1.165, 1.54) is 0 Å². The molecular formula is C26H23N5OS. The van der Waals surface area contributed by atoms with Crippen molar-refractivity contribution >= 4 is 28.7 Å². The van der Waals surface area contributed by atoms with E-state index >= 15 is 0 Å². The van der Waals surface area contributed by atoms with Crippen molar-refractivity contribution in [3.05, 3.63) is 107 Å². The first-order chi connectivity index (χ1) is 16.2. The fourth-order valence-electron chi connectivity index (χ4n) is 3.76. The van der Waals surface area contributed by atoms with Crippen LogP contribution >= 0.6 is 11.3 Å². The van der Waals surface area contributed by atoms with Crippen LogP contribution in [0, 0.1) is 0 Å². The van der Waals surface area contributed by atoms with E-state index in [0.29, 0.717) is 24.5 Å². The SMILES string of the molecule is CN(Cc1ccccc1)c1nc(-c2ccsc2)ccc1C(=O)NCc1cn2ccccc2n1. The van der Waals surface area contributed by atoms with Crippen molar-refractivity contribution in [3.8, 4) is 11.3 Å². The lowest BCUT2D eigenvalue weighted by Gasteiger charge is -2.22. The lowest BCUT2D eigenvalue weighted by atomic mass is 10.1. The van der Waals surface area contributed by atoms with E-state index in [9.17, 15) is 4.79 Å². The minimum Gasteiger partial charge on any atom is -0.355 e. The number of carbonyl (C=O) groups is 1. The molecular weight excluding hydrogens is 430 g/mol. The van der Waals surface area contributed by atoms with Gasteiger partial charge in [0.15, 0.2) is 0 Å². The van der Waals surface area contributed by atoms with Crippen LogP contribution in [0.3, 0.4) is 0 Å². The number of carbonyl (C=O) groups excluding carboxylic acids is 1. The van der Waals surface area contributed by atoms with Crippen molar-refractivity contribution in [1.29, 1.82) is 0 Å². The molecule has 0 radical (unpaired) electrons. The summed E-state index contributed by atoms with van der Waals surface area (Å²) in [5, 5.41) is 7.10. The minimum atomic E-state index is -0.175.